The average molecular weight is 571 g/mol. The van der Waals surface area contributed by atoms with Gasteiger partial charge in [0.25, 0.3) is 5.91 Å². The number of amides is 3. The van der Waals surface area contributed by atoms with Gasteiger partial charge in [0.15, 0.2) is 6.61 Å². The van der Waals surface area contributed by atoms with E-state index < -0.39 is 36.1 Å². The molecular weight excluding hydrogens is 549 g/mol. The lowest BCUT2D eigenvalue weighted by atomic mass is 10.1. The van der Waals surface area contributed by atoms with Crippen molar-refractivity contribution in [1.29, 1.82) is 0 Å². The first-order chi connectivity index (χ1) is 17.1. The molecule has 0 aromatic heterocycles. The monoisotopic (exact) mass is 570 g/mol. The maximum Gasteiger partial charge on any atom is 0.418 e. The van der Waals surface area contributed by atoms with Crippen LogP contribution in [0.25, 0.3) is 0 Å². The highest BCUT2D eigenvalue weighted by Gasteiger charge is 2.34. The lowest BCUT2D eigenvalue weighted by Crippen LogP contribution is -2.41. The predicted molar refractivity (Wildman–Crippen MR) is 127 cm³/mol. The van der Waals surface area contributed by atoms with Crippen LogP contribution in [0.5, 0.6) is 5.75 Å². The van der Waals surface area contributed by atoms with Gasteiger partial charge in [-0.1, -0.05) is 15.9 Å². The van der Waals surface area contributed by atoms with Gasteiger partial charge in [-0.05, 0) is 60.9 Å². The summed E-state index contributed by atoms with van der Waals surface area (Å²) in [5, 5.41) is 8.38. The molecule has 13 heteroatoms. The number of nitrogens with zero attached hydrogens (tertiary/aromatic N) is 1. The fourth-order valence-electron chi connectivity index (χ4n) is 3.15. The van der Waals surface area contributed by atoms with E-state index in [9.17, 15) is 27.6 Å². The number of halogens is 4. The van der Waals surface area contributed by atoms with Crippen LogP contribution in [-0.4, -0.2) is 49.8 Å². The Balaban J connectivity index is 1.43. The third-order valence-corrected chi connectivity index (χ3v) is 5.40. The predicted octanol–water partition coefficient (Wildman–Crippen LogP) is 3.23. The highest BCUT2D eigenvalue weighted by molar-refractivity contribution is 9.10. The standard InChI is InChI=1S/C23H22BrF3N4O5/c24-15-5-8-19(18(10-15)23(25,26)27)30-20(32)13-36-16-6-3-14(4-7-16)11-29-31-22(34)21(33)28-12-17-2-1-9-35-17/h3-8,10-11,17H,1-2,9,12-13H2,(H,28,33)(H,30,32)(H,31,34)/b29-11-/t17-/m0/s1. The molecule has 1 saturated heterocycles. The summed E-state index contributed by atoms with van der Waals surface area (Å²) in [7, 11) is 0. The maximum absolute atomic E-state index is 13.2. The van der Waals surface area contributed by atoms with E-state index in [4.69, 9.17) is 9.47 Å². The van der Waals surface area contributed by atoms with Gasteiger partial charge < -0.3 is 20.1 Å². The molecule has 1 aliphatic heterocycles. The first kappa shape index (κ1) is 27.1. The van der Waals surface area contributed by atoms with Crippen molar-refractivity contribution < 1.29 is 37.0 Å². The molecule has 3 amide bonds. The first-order valence-corrected chi connectivity index (χ1v) is 11.5. The van der Waals surface area contributed by atoms with Gasteiger partial charge in [0.1, 0.15) is 5.75 Å². The lowest BCUT2D eigenvalue weighted by molar-refractivity contribution is -0.139. The smallest absolute Gasteiger partial charge is 0.418 e. The first-order valence-electron chi connectivity index (χ1n) is 10.7. The Morgan fingerprint density at radius 1 is 1.14 bits per heavy atom. The molecule has 1 heterocycles. The Morgan fingerprint density at radius 3 is 2.56 bits per heavy atom. The number of hydrazone groups is 1. The molecule has 1 atom stereocenters. The highest BCUT2D eigenvalue weighted by Crippen LogP contribution is 2.36. The van der Waals surface area contributed by atoms with E-state index in [1.54, 1.807) is 12.1 Å². The van der Waals surface area contributed by atoms with Crippen molar-refractivity contribution >= 4 is 45.6 Å². The second kappa shape index (κ2) is 12.5. The average Bonchev–Trinajstić information content (AvgIpc) is 3.36. The maximum atomic E-state index is 13.2. The molecule has 0 bridgehead atoms. The summed E-state index contributed by atoms with van der Waals surface area (Å²) in [6.07, 6.45) is -1.68. The zero-order valence-electron chi connectivity index (χ0n) is 18.7. The van der Waals surface area contributed by atoms with Crippen LogP contribution in [0.15, 0.2) is 52.0 Å². The van der Waals surface area contributed by atoms with Gasteiger partial charge in [0.05, 0.1) is 23.6 Å². The van der Waals surface area contributed by atoms with Crippen LogP contribution in [0, 0.1) is 0 Å². The van der Waals surface area contributed by atoms with Crippen molar-refractivity contribution in [3.05, 3.63) is 58.1 Å². The van der Waals surface area contributed by atoms with Crippen molar-refractivity contribution in [2.75, 3.05) is 25.1 Å². The van der Waals surface area contributed by atoms with Gasteiger partial charge in [0.2, 0.25) is 0 Å². The Morgan fingerprint density at radius 2 is 1.89 bits per heavy atom. The van der Waals surface area contributed by atoms with Gasteiger partial charge in [-0.3, -0.25) is 14.4 Å². The third kappa shape index (κ3) is 8.34. The van der Waals surface area contributed by atoms with Gasteiger partial charge >= 0.3 is 18.0 Å². The molecule has 9 nitrogen and oxygen atoms in total. The summed E-state index contributed by atoms with van der Waals surface area (Å²) in [5.74, 6) is -2.23. The normalized spacial score (nSPS) is 15.5. The topological polar surface area (TPSA) is 118 Å². The zero-order valence-corrected chi connectivity index (χ0v) is 20.3. The number of benzene rings is 2. The van der Waals surface area contributed by atoms with Crippen LogP contribution < -0.4 is 20.8 Å². The van der Waals surface area contributed by atoms with E-state index >= 15 is 0 Å². The van der Waals surface area contributed by atoms with E-state index in [0.29, 0.717) is 12.2 Å². The molecule has 192 valence electrons. The highest BCUT2D eigenvalue weighted by atomic mass is 79.9. The number of hydrogen-bond donors (Lipinski definition) is 3. The van der Waals surface area contributed by atoms with Crippen LogP contribution in [0.4, 0.5) is 18.9 Å². The van der Waals surface area contributed by atoms with E-state index in [0.717, 1.165) is 25.0 Å². The zero-order chi connectivity index (χ0) is 26.1. The number of alkyl halides is 3. The molecule has 3 rings (SSSR count). The third-order valence-electron chi connectivity index (χ3n) is 4.91. The Kier molecular flexibility index (Phi) is 9.42. The Labute approximate surface area is 212 Å². The van der Waals surface area contributed by atoms with Crippen molar-refractivity contribution in [2.24, 2.45) is 5.10 Å². The summed E-state index contributed by atoms with van der Waals surface area (Å²) in [5.41, 5.74) is 1.30. The lowest BCUT2D eigenvalue weighted by Gasteiger charge is -2.14. The summed E-state index contributed by atoms with van der Waals surface area (Å²) >= 11 is 2.98. The number of carbonyl (C=O) groups is 3. The molecule has 36 heavy (non-hydrogen) atoms. The van der Waals surface area contributed by atoms with Gasteiger partial charge in [-0.15, -0.1) is 0 Å². The van der Waals surface area contributed by atoms with Crippen molar-refractivity contribution in [3.8, 4) is 5.75 Å². The van der Waals surface area contributed by atoms with E-state index in [-0.39, 0.29) is 28.6 Å². The fourth-order valence-corrected chi connectivity index (χ4v) is 3.51. The molecule has 1 fully saturated rings. The number of nitrogens with one attached hydrogen (secondary N) is 3. The van der Waals surface area contributed by atoms with Crippen LogP contribution in [-0.2, 0) is 25.3 Å². The molecule has 0 radical (unpaired) electrons. The summed E-state index contributed by atoms with van der Waals surface area (Å²) in [6.45, 7) is 0.378. The quantitative estimate of drug-likeness (QED) is 0.256. The molecule has 1 aliphatic rings. The van der Waals surface area contributed by atoms with Crippen molar-refractivity contribution in [1.82, 2.24) is 10.7 Å². The number of anilines is 1. The van der Waals surface area contributed by atoms with E-state index in [2.05, 4.69) is 37.1 Å². The van der Waals surface area contributed by atoms with E-state index in [1.807, 2.05) is 0 Å². The van der Waals surface area contributed by atoms with Crippen LogP contribution in [0.2, 0.25) is 0 Å². The molecule has 3 N–H and O–H groups in total. The number of ether oxygens (including phenoxy) is 2. The summed E-state index contributed by atoms with van der Waals surface area (Å²) in [6, 6.07) is 9.54. The van der Waals surface area contributed by atoms with Crippen LogP contribution in [0.1, 0.15) is 24.0 Å². The SMILES string of the molecule is O=C(COc1ccc(/C=N\NC(=O)C(=O)NC[C@@H]2CCCO2)cc1)Nc1ccc(Br)cc1C(F)(F)F. The second-order valence-electron chi connectivity index (χ2n) is 7.64. The van der Waals surface area contributed by atoms with Crippen molar-refractivity contribution in [3.63, 3.8) is 0 Å². The van der Waals surface area contributed by atoms with E-state index in [1.165, 1.54) is 24.4 Å². The summed E-state index contributed by atoms with van der Waals surface area (Å²) < 4.78 is 50.4. The van der Waals surface area contributed by atoms with Crippen LogP contribution >= 0.6 is 15.9 Å². The minimum Gasteiger partial charge on any atom is -0.484 e. The number of hydrogen-bond acceptors (Lipinski definition) is 6. The summed E-state index contributed by atoms with van der Waals surface area (Å²) in [4.78, 5) is 35.6. The van der Waals surface area contributed by atoms with Gasteiger partial charge in [0, 0.05) is 17.6 Å². The fraction of sp³-hybridized carbons (Fsp3) is 0.304. The Hall–Kier alpha value is -3.45. The minimum atomic E-state index is -4.64. The molecule has 0 saturated carbocycles. The van der Waals surface area contributed by atoms with Crippen molar-refractivity contribution in [2.45, 2.75) is 25.1 Å². The molecule has 0 spiro atoms. The van der Waals surface area contributed by atoms with Gasteiger partial charge in [-0.2, -0.15) is 18.3 Å². The van der Waals surface area contributed by atoms with Crippen LogP contribution in [0.3, 0.4) is 0 Å². The molecule has 2 aromatic carbocycles. The number of carbonyl (C=O) groups excluding carboxylic acids is 3. The van der Waals surface area contributed by atoms with Gasteiger partial charge in [-0.25, -0.2) is 5.43 Å². The molecule has 2 aromatic rings. The molecular formula is C23H22BrF3N4O5. The largest absolute Gasteiger partial charge is 0.484 e. The second-order valence-corrected chi connectivity index (χ2v) is 8.55. The molecule has 0 unspecified atom stereocenters. The Bertz CT molecular complexity index is 1120. The minimum absolute atomic E-state index is 0.0878. The molecule has 0 aliphatic carbocycles. The number of rotatable bonds is 8.